The van der Waals surface area contributed by atoms with Crippen molar-refractivity contribution in [1.82, 2.24) is 10.6 Å². The van der Waals surface area contributed by atoms with Crippen molar-refractivity contribution in [1.29, 1.82) is 0 Å². The second-order valence-electron chi connectivity index (χ2n) is 5.21. The number of nitrogens with one attached hydrogen (secondary N) is 2. The molecule has 0 saturated carbocycles. The summed E-state index contributed by atoms with van der Waals surface area (Å²) in [4.78, 5) is 11.8. The van der Waals surface area contributed by atoms with E-state index in [-0.39, 0.29) is 24.4 Å². The summed E-state index contributed by atoms with van der Waals surface area (Å²) < 4.78 is 0. The van der Waals surface area contributed by atoms with Gasteiger partial charge in [-0.25, -0.2) is 0 Å². The van der Waals surface area contributed by atoms with Crippen molar-refractivity contribution in [2.24, 2.45) is 0 Å². The fourth-order valence-corrected chi connectivity index (χ4v) is 2.50. The van der Waals surface area contributed by atoms with Gasteiger partial charge in [0.1, 0.15) is 0 Å². The van der Waals surface area contributed by atoms with Gasteiger partial charge < -0.3 is 15.7 Å². The van der Waals surface area contributed by atoms with Gasteiger partial charge >= 0.3 is 0 Å². The van der Waals surface area contributed by atoms with E-state index >= 15 is 0 Å². The number of aliphatic hydroxyl groups excluding tert-OH is 1. The summed E-state index contributed by atoms with van der Waals surface area (Å²) in [5, 5.41) is 16.6. The van der Waals surface area contributed by atoms with Crippen LogP contribution in [0.4, 0.5) is 0 Å². The first-order valence-corrected chi connectivity index (χ1v) is 7.45. The molecule has 0 aromatic heterocycles. The zero-order valence-electron chi connectivity index (χ0n) is 11.8. The number of amides is 1. The number of carbonyl (C=O) groups is 1. The summed E-state index contributed by atoms with van der Waals surface area (Å²) in [6.07, 6.45) is 2.39. The third-order valence-electron chi connectivity index (χ3n) is 3.57. The summed E-state index contributed by atoms with van der Waals surface area (Å²) in [7, 11) is 0. The molecular weight excluding hydrogens is 311 g/mol. The van der Waals surface area contributed by atoms with E-state index in [1.807, 2.05) is 24.3 Å². The number of piperidine rings is 1. The van der Waals surface area contributed by atoms with Crippen LogP contribution in [0.3, 0.4) is 0 Å². The van der Waals surface area contributed by atoms with Gasteiger partial charge in [0, 0.05) is 18.0 Å². The molecule has 0 spiro atoms. The molecule has 1 aromatic rings. The summed E-state index contributed by atoms with van der Waals surface area (Å²) in [6.45, 7) is 1.45. The normalized spacial score (nSPS) is 21.4. The third kappa shape index (κ3) is 6.22. The van der Waals surface area contributed by atoms with E-state index in [0.29, 0.717) is 19.4 Å². The van der Waals surface area contributed by atoms with Crippen molar-refractivity contribution in [2.75, 3.05) is 13.1 Å². The predicted molar refractivity (Wildman–Crippen MR) is 87.1 cm³/mol. The molecule has 0 bridgehead atoms. The number of aryl methyl sites for hydroxylation is 1. The number of carbonyl (C=O) groups excluding carboxylic acids is 1. The third-order valence-corrected chi connectivity index (χ3v) is 3.83. The first kappa shape index (κ1) is 18.2. The Labute approximate surface area is 136 Å². The molecule has 1 saturated heterocycles. The number of rotatable bonds is 5. The van der Waals surface area contributed by atoms with E-state index in [9.17, 15) is 9.90 Å². The standard InChI is InChI=1S/C15H21ClN2O2.ClH/c16-12-6-4-11(5-7-12)2-1-3-15(20)18-13-10-17-9-8-14(13)19;/h4-7,13-14,17,19H,1-3,8-10H2,(H,18,20);1H/t13-,14-;/m1./s1. The molecule has 1 heterocycles. The smallest absolute Gasteiger partial charge is 0.220 e. The largest absolute Gasteiger partial charge is 0.391 e. The Morgan fingerprint density at radius 3 is 2.76 bits per heavy atom. The summed E-state index contributed by atoms with van der Waals surface area (Å²) >= 11 is 5.82. The minimum absolute atomic E-state index is 0. The summed E-state index contributed by atoms with van der Waals surface area (Å²) in [6, 6.07) is 7.53. The van der Waals surface area contributed by atoms with Crippen molar-refractivity contribution >= 4 is 29.9 Å². The van der Waals surface area contributed by atoms with E-state index in [2.05, 4.69) is 10.6 Å². The van der Waals surface area contributed by atoms with Crippen molar-refractivity contribution in [2.45, 2.75) is 37.8 Å². The van der Waals surface area contributed by atoms with E-state index in [1.165, 1.54) is 5.56 Å². The number of hydrogen-bond donors (Lipinski definition) is 3. The van der Waals surface area contributed by atoms with Gasteiger partial charge in [-0.3, -0.25) is 4.79 Å². The maximum absolute atomic E-state index is 11.8. The van der Waals surface area contributed by atoms with Crippen LogP contribution < -0.4 is 10.6 Å². The fourth-order valence-electron chi connectivity index (χ4n) is 2.38. The molecule has 2 rings (SSSR count). The summed E-state index contributed by atoms with van der Waals surface area (Å²) in [5.41, 5.74) is 1.18. The van der Waals surface area contributed by atoms with Gasteiger partial charge in [0.2, 0.25) is 5.91 Å². The van der Waals surface area contributed by atoms with Gasteiger partial charge in [-0.2, -0.15) is 0 Å². The van der Waals surface area contributed by atoms with Crippen LogP contribution in [-0.2, 0) is 11.2 Å². The molecule has 1 aliphatic heterocycles. The van der Waals surface area contributed by atoms with Gasteiger partial charge in [0.15, 0.2) is 0 Å². The Morgan fingerprint density at radius 2 is 2.10 bits per heavy atom. The first-order chi connectivity index (χ1) is 9.65. The molecule has 21 heavy (non-hydrogen) atoms. The molecule has 4 nitrogen and oxygen atoms in total. The molecule has 0 aliphatic carbocycles. The Hall–Kier alpha value is -0.810. The quantitative estimate of drug-likeness (QED) is 0.772. The van der Waals surface area contributed by atoms with E-state index in [1.54, 1.807) is 0 Å². The minimum Gasteiger partial charge on any atom is -0.391 e. The van der Waals surface area contributed by atoms with Gasteiger partial charge in [0.05, 0.1) is 12.1 Å². The zero-order chi connectivity index (χ0) is 14.4. The molecule has 0 radical (unpaired) electrons. The van der Waals surface area contributed by atoms with Crippen LogP contribution >= 0.6 is 24.0 Å². The second kappa shape index (κ2) is 9.26. The molecule has 0 unspecified atom stereocenters. The Balaban J connectivity index is 0.00000220. The number of halogens is 2. The Bertz CT molecular complexity index is 440. The fraction of sp³-hybridized carbons (Fsp3) is 0.533. The molecule has 2 atom stereocenters. The van der Waals surface area contributed by atoms with Crippen LogP contribution in [-0.4, -0.2) is 36.2 Å². The topological polar surface area (TPSA) is 61.4 Å². The average molecular weight is 333 g/mol. The molecule has 1 fully saturated rings. The van der Waals surface area contributed by atoms with Crippen molar-refractivity contribution in [3.05, 3.63) is 34.9 Å². The summed E-state index contributed by atoms with van der Waals surface area (Å²) in [5.74, 6) is 0.00622. The molecule has 6 heteroatoms. The highest BCUT2D eigenvalue weighted by Crippen LogP contribution is 2.12. The molecule has 118 valence electrons. The molecule has 1 aromatic carbocycles. The lowest BCUT2D eigenvalue weighted by Crippen LogP contribution is -2.53. The Kier molecular flexibility index (Phi) is 8.04. The maximum atomic E-state index is 11.8. The average Bonchev–Trinajstić information content (AvgIpc) is 2.44. The van der Waals surface area contributed by atoms with Crippen LogP contribution in [0.2, 0.25) is 5.02 Å². The van der Waals surface area contributed by atoms with Gasteiger partial charge in [-0.05, 0) is 43.5 Å². The monoisotopic (exact) mass is 332 g/mol. The number of hydrogen-bond acceptors (Lipinski definition) is 3. The van der Waals surface area contributed by atoms with Crippen molar-refractivity contribution in [3.63, 3.8) is 0 Å². The van der Waals surface area contributed by atoms with Crippen molar-refractivity contribution in [3.8, 4) is 0 Å². The highest BCUT2D eigenvalue weighted by Gasteiger charge is 2.23. The molecule has 1 aliphatic rings. The van der Waals surface area contributed by atoms with Crippen LogP contribution in [0, 0.1) is 0 Å². The highest BCUT2D eigenvalue weighted by molar-refractivity contribution is 6.30. The van der Waals surface area contributed by atoms with E-state index < -0.39 is 6.10 Å². The van der Waals surface area contributed by atoms with Crippen LogP contribution in [0.25, 0.3) is 0 Å². The van der Waals surface area contributed by atoms with E-state index in [4.69, 9.17) is 11.6 Å². The predicted octanol–water partition coefficient (Wildman–Crippen LogP) is 1.92. The Morgan fingerprint density at radius 1 is 1.38 bits per heavy atom. The molecule has 1 amide bonds. The lowest BCUT2D eigenvalue weighted by atomic mass is 10.0. The second-order valence-corrected chi connectivity index (χ2v) is 5.65. The van der Waals surface area contributed by atoms with Gasteiger partial charge in [-0.1, -0.05) is 23.7 Å². The van der Waals surface area contributed by atoms with E-state index in [0.717, 1.165) is 24.4 Å². The van der Waals surface area contributed by atoms with Crippen molar-refractivity contribution < 1.29 is 9.90 Å². The number of aliphatic hydroxyl groups is 1. The molecule has 3 N–H and O–H groups in total. The van der Waals surface area contributed by atoms with Crippen LogP contribution in [0.5, 0.6) is 0 Å². The van der Waals surface area contributed by atoms with Crippen LogP contribution in [0.1, 0.15) is 24.8 Å². The van der Waals surface area contributed by atoms with Crippen LogP contribution in [0.15, 0.2) is 24.3 Å². The zero-order valence-corrected chi connectivity index (χ0v) is 13.4. The van der Waals surface area contributed by atoms with Gasteiger partial charge in [0.25, 0.3) is 0 Å². The lowest BCUT2D eigenvalue weighted by molar-refractivity contribution is -0.122. The van der Waals surface area contributed by atoms with Gasteiger partial charge in [-0.15, -0.1) is 12.4 Å². The molecular formula is C15H22Cl2N2O2. The first-order valence-electron chi connectivity index (χ1n) is 7.08. The minimum atomic E-state index is -0.434. The highest BCUT2D eigenvalue weighted by atomic mass is 35.5. The lowest BCUT2D eigenvalue weighted by Gasteiger charge is -2.29. The SMILES string of the molecule is Cl.O=C(CCCc1ccc(Cl)cc1)N[C@@H]1CNCC[C@H]1O. The maximum Gasteiger partial charge on any atom is 0.220 e. The number of benzene rings is 1.